The number of carbonyl (C=O) groups is 2. The van der Waals surface area contributed by atoms with Crippen molar-refractivity contribution >= 4 is 17.6 Å². The van der Waals surface area contributed by atoms with Gasteiger partial charge in [-0.3, -0.25) is 4.79 Å². The van der Waals surface area contributed by atoms with E-state index >= 15 is 0 Å². The molecule has 2 N–H and O–H groups in total. The fraction of sp³-hybridized carbons (Fsp3) is 0.467. The molecule has 0 unspecified atom stereocenters. The van der Waals surface area contributed by atoms with E-state index in [1.807, 2.05) is 24.3 Å². The molecule has 20 heavy (non-hydrogen) atoms. The van der Waals surface area contributed by atoms with Gasteiger partial charge in [-0.05, 0) is 18.6 Å². The van der Waals surface area contributed by atoms with Gasteiger partial charge in [0.15, 0.2) is 0 Å². The van der Waals surface area contributed by atoms with Gasteiger partial charge in [-0.25, -0.2) is 0 Å². The van der Waals surface area contributed by atoms with Gasteiger partial charge in [0, 0.05) is 36.5 Å². The molecule has 0 bridgehead atoms. The number of carboxylic acids is 1. The third kappa shape index (κ3) is 4.66. The van der Waals surface area contributed by atoms with Gasteiger partial charge < -0.3 is 20.1 Å². The van der Waals surface area contributed by atoms with Crippen molar-refractivity contribution in [1.82, 2.24) is 0 Å². The molecule has 0 atom stereocenters. The molecule has 1 saturated heterocycles. The first kappa shape index (κ1) is 14.5. The number of hydrogen-bond donors (Lipinski definition) is 2. The lowest BCUT2D eigenvalue weighted by Crippen LogP contribution is -3.08. The number of rotatable bonds is 6. The average molecular weight is 276 g/mol. The van der Waals surface area contributed by atoms with E-state index in [-0.39, 0.29) is 18.7 Å². The Morgan fingerprint density at radius 2 is 1.75 bits per heavy atom. The number of likely N-dealkylation sites (tertiary alicyclic amines) is 1. The van der Waals surface area contributed by atoms with Gasteiger partial charge in [0.2, 0.25) is 5.91 Å². The van der Waals surface area contributed by atoms with E-state index in [1.165, 1.54) is 31.5 Å². The SMILES string of the molecule is O=C([O-])CCC(=O)Nc1ccc(C[NH+]2CCCC2)cc1. The molecule has 0 spiro atoms. The van der Waals surface area contributed by atoms with Crippen molar-refractivity contribution in [3.63, 3.8) is 0 Å². The lowest BCUT2D eigenvalue weighted by molar-refractivity contribution is -0.901. The molecule has 0 saturated carbocycles. The highest BCUT2D eigenvalue weighted by molar-refractivity contribution is 5.92. The second-order valence-corrected chi connectivity index (χ2v) is 5.25. The lowest BCUT2D eigenvalue weighted by atomic mass is 10.2. The second-order valence-electron chi connectivity index (χ2n) is 5.25. The number of nitrogens with one attached hydrogen (secondary N) is 2. The van der Waals surface area contributed by atoms with E-state index in [2.05, 4.69) is 5.32 Å². The normalized spacial score (nSPS) is 15.2. The molecule has 1 amide bonds. The Bertz CT molecular complexity index is 465. The Labute approximate surface area is 118 Å². The number of quaternary nitrogens is 1. The first-order valence-corrected chi connectivity index (χ1v) is 7.06. The molecule has 1 fully saturated rings. The molecule has 0 aliphatic carbocycles. The molecule has 1 aromatic rings. The number of aliphatic carboxylic acids is 1. The van der Waals surface area contributed by atoms with Crippen LogP contribution in [0.5, 0.6) is 0 Å². The van der Waals surface area contributed by atoms with Crippen LogP contribution in [-0.4, -0.2) is 25.0 Å². The van der Waals surface area contributed by atoms with Crippen LogP contribution in [0.4, 0.5) is 5.69 Å². The molecule has 1 aromatic carbocycles. The number of carboxylic acid groups (broad SMARTS) is 1. The van der Waals surface area contributed by atoms with Crippen LogP contribution in [0.3, 0.4) is 0 Å². The van der Waals surface area contributed by atoms with Gasteiger partial charge in [-0.15, -0.1) is 0 Å². The Kier molecular flexibility index (Phi) is 5.12. The number of anilines is 1. The van der Waals surface area contributed by atoms with Crippen molar-refractivity contribution in [3.05, 3.63) is 29.8 Å². The van der Waals surface area contributed by atoms with Crippen molar-refractivity contribution < 1.29 is 19.6 Å². The molecule has 1 heterocycles. The van der Waals surface area contributed by atoms with Crippen LogP contribution in [0.2, 0.25) is 0 Å². The van der Waals surface area contributed by atoms with Crippen LogP contribution >= 0.6 is 0 Å². The molecule has 2 rings (SSSR count). The Morgan fingerprint density at radius 3 is 2.35 bits per heavy atom. The summed E-state index contributed by atoms with van der Waals surface area (Å²) in [6.07, 6.45) is 2.31. The first-order valence-electron chi connectivity index (χ1n) is 7.06. The third-order valence-electron chi connectivity index (χ3n) is 3.56. The maximum Gasteiger partial charge on any atom is 0.224 e. The second kappa shape index (κ2) is 7.05. The summed E-state index contributed by atoms with van der Waals surface area (Å²) in [5.74, 6) is -1.50. The number of benzene rings is 1. The quantitative estimate of drug-likeness (QED) is 0.724. The fourth-order valence-corrected chi connectivity index (χ4v) is 2.49. The summed E-state index contributed by atoms with van der Waals surface area (Å²) in [7, 11) is 0. The van der Waals surface area contributed by atoms with Gasteiger partial charge in [0.1, 0.15) is 6.54 Å². The largest absolute Gasteiger partial charge is 0.550 e. The zero-order valence-corrected chi connectivity index (χ0v) is 11.5. The summed E-state index contributed by atoms with van der Waals surface area (Å²) < 4.78 is 0. The predicted octanol–water partition coefficient (Wildman–Crippen LogP) is -0.666. The molecular weight excluding hydrogens is 256 g/mol. The van der Waals surface area contributed by atoms with Crippen molar-refractivity contribution in [3.8, 4) is 0 Å². The maximum absolute atomic E-state index is 11.5. The van der Waals surface area contributed by atoms with Crippen LogP contribution < -0.4 is 15.3 Å². The highest BCUT2D eigenvalue weighted by atomic mass is 16.4. The molecule has 108 valence electrons. The highest BCUT2D eigenvalue weighted by Gasteiger charge is 2.15. The van der Waals surface area contributed by atoms with E-state index in [0.29, 0.717) is 5.69 Å². The van der Waals surface area contributed by atoms with E-state index in [4.69, 9.17) is 0 Å². The summed E-state index contributed by atoms with van der Waals surface area (Å²) in [5, 5.41) is 13.0. The molecule has 5 heteroatoms. The smallest absolute Gasteiger partial charge is 0.224 e. The Balaban J connectivity index is 1.81. The molecular formula is C15H20N2O3. The number of hydrogen-bond acceptors (Lipinski definition) is 3. The van der Waals surface area contributed by atoms with Crippen molar-refractivity contribution in [2.45, 2.75) is 32.2 Å². The lowest BCUT2D eigenvalue weighted by Gasteiger charge is -2.12. The summed E-state index contributed by atoms with van der Waals surface area (Å²) in [6.45, 7) is 3.50. The summed E-state index contributed by atoms with van der Waals surface area (Å²) in [4.78, 5) is 23.4. The van der Waals surface area contributed by atoms with Gasteiger partial charge in [-0.1, -0.05) is 12.1 Å². The van der Waals surface area contributed by atoms with E-state index < -0.39 is 5.97 Å². The van der Waals surface area contributed by atoms with E-state index in [0.717, 1.165) is 6.54 Å². The fourth-order valence-electron chi connectivity index (χ4n) is 2.49. The Morgan fingerprint density at radius 1 is 1.10 bits per heavy atom. The summed E-state index contributed by atoms with van der Waals surface area (Å²) >= 11 is 0. The number of carbonyl (C=O) groups excluding carboxylic acids is 2. The average Bonchev–Trinajstić information content (AvgIpc) is 2.92. The maximum atomic E-state index is 11.5. The van der Waals surface area contributed by atoms with Crippen molar-refractivity contribution in [1.29, 1.82) is 0 Å². The first-order chi connectivity index (χ1) is 9.63. The molecule has 5 nitrogen and oxygen atoms in total. The minimum atomic E-state index is -1.20. The van der Waals surface area contributed by atoms with Crippen LogP contribution in [0.1, 0.15) is 31.2 Å². The molecule has 0 radical (unpaired) electrons. The minimum Gasteiger partial charge on any atom is -0.550 e. The third-order valence-corrected chi connectivity index (χ3v) is 3.56. The zero-order chi connectivity index (χ0) is 14.4. The predicted molar refractivity (Wildman–Crippen MR) is 72.9 cm³/mol. The van der Waals surface area contributed by atoms with Gasteiger partial charge >= 0.3 is 0 Å². The van der Waals surface area contributed by atoms with Gasteiger partial charge in [0.25, 0.3) is 0 Å². The monoisotopic (exact) mass is 276 g/mol. The van der Waals surface area contributed by atoms with Crippen molar-refractivity contribution in [2.24, 2.45) is 0 Å². The molecule has 1 aliphatic heterocycles. The summed E-state index contributed by atoms with van der Waals surface area (Å²) in [6, 6.07) is 7.75. The van der Waals surface area contributed by atoms with Gasteiger partial charge in [-0.2, -0.15) is 0 Å². The van der Waals surface area contributed by atoms with Crippen LogP contribution in [-0.2, 0) is 16.1 Å². The summed E-state index contributed by atoms with van der Waals surface area (Å²) in [5.41, 5.74) is 1.96. The van der Waals surface area contributed by atoms with Crippen molar-refractivity contribution in [2.75, 3.05) is 18.4 Å². The standard InChI is InChI=1S/C15H20N2O3/c18-14(7-8-15(19)20)16-13-5-3-12(4-6-13)11-17-9-1-2-10-17/h3-6H,1-2,7-11H2,(H,16,18)(H,19,20). The van der Waals surface area contributed by atoms with Crippen LogP contribution in [0, 0.1) is 0 Å². The topological polar surface area (TPSA) is 73.7 Å². The van der Waals surface area contributed by atoms with E-state index in [9.17, 15) is 14.7 Å². The minimum absolute atomic E-state index is 0.0536. The molecule has 0 aromatic heterocycles. The van der Waals surface area contributed by atoms with Crippen LogP contribution in [0.25, 0.3) is 0 Å². The zero-order valence-electron chi connectivity index (χ0n) is 11.5. The number of amides is 1. The van der Waals surface area contributed by atoms with Gasteiger partial charge in [0.05, 0.1) is 13.1 Å². The Hall–Kier alpha value is -1.88. The molecule has 1 aliphatic rings. The van der Waals surface area contributed by atoms with Crippen LogP contribution in [0.15, 0.2) is 24.3 Å². The highest BCUT2D eigenvalue weighted by Crippen LogP contribution is 2.10. The van der Waals surface area contributed by atoms with E-state index in [1.54, 1.807) is 4.90 Å².